The zero-order valence-electron chi connectivity index (χ0n) is 10.3. The molecule has 1 aliphatic rings. The summed E-state index contributed by atoms with van der Waals surface area (Å²) in [6.07, 6.45) is -0.150. The number of rotatable bonds is 6. The van der Waals surface area contributed by atoms with Gasteiger partial charge in [-0.1, -0.05) is 0 Å². The third kappa shape index (κ3) is 7.13. The first-order valence-corrected chi connectivity index (χ1v) is 5.93. The van der Waals surface area contributed by atoms with Gasteiger partial charge in [0.05, 0.1) is 6.61 Å². The minimum absolute atomic E-state index is 0. The Morgan fingerprint density at radius 2 is 1.94 bits per heavy atom. The third-order valence-electron chi connectivity index (χ3n) is 3.17. The first-order chi connectivity index (χ1) is 7.59. The van der Waals surface area contributed by atoms with Crippen LogP contribution in [0.2, 0.25) is 0 Å². The Bertz CT molecular complexity index is 188. The van der Waals surface area contributed by atoms with Crippen LogP contribution in [0.3, 0.4) is 0 Å². The summed E-state index contributed by atoms with van der Waals surface area (Å²) < 4.78 is 28.4. The van der Waals surface area contributed by atoms with Crippen LogP contribution >= 0.6 is 12.4 Å². The number of likely N-dealkylation sites (tertiary alicyclic amines) is 1. The van der Waals surface area contributed by atoms with Crippen molar-refractivity contribution < 1.29 is 13.5 Å². The smallest absolute Gasteiger partial charge is 0.261 e. The van der Waals surface area contributed by atoms with Crippen molar-refractivity contribution in [2.75, 3.05) is 32.8 Å². The molecule has 0 radical (unpaired) electrons. The normalized spacial score (nSPS) is 20.3. The maximum atomic E-state index is 11.8. The van der Waals surface area contributed by atoms with E-state index in [2.05, 4.69) is 4.90 Å². The number of ether oxygens (including phenoxy) is 1. The van der Waals surface area contributed by atoms with Crippen LogP contribution < -0.4 is 5.73 Å². The van der Waals surface area contributed by atoms with E-state index in [-0.39, 0.29) is 18.4 Å². The van der Waals surface area contributed by atoms with E-state index in [0.717, 1.165) is 32.5 Å². The summed E-state index contributed by atoms with van der Waals surface area (Å²) in [5.41, 5.74) is 5.84. The van der Waals surface area contributed by atoms with Gasteiger partial charge in [0.25, 0.3) is 6.43 Å². The molecule has 1 saturated heterocycles. The first kappa shape index (κ1) is 17.0. The average Bonchev–Trinajstić information content (AvgIpc) is 2.25. The molecule has 0 aromatic carbocycles. The van der Waals surface area contributed by atoms with E-state index >= 15 is 0 Å². The highest BCUT2D eigenvalue weighted by Crippen LogP contribution is 2.18. The number of piperidine rings is 1. The monoisotopic (exact) mass is 272 g/mol. The van der Waals surface area contributed by atoms with Gasteiger partial charge in [0, 0.05) is 12.6 Å². The van der Waals surface area contributed by atoms with Gasteiger partial charge in [0.15, 0.2) is 0 Å². The fourth-order valence-corrected chi connectivity index (χ4v) is 2.07. The van der Waals surface area contributed by atoms with Crippen LogP contribution in [-0.4, -0.2) is 50.2 Å². The molecule has 1 aliphatic heterocycles. The molecule has 3 nitrogen and oxygen atoms in total. The zero-order valence-corrected chi connectivity index (χ0v) is 11.1. The molecule has 2 N–H and O–H groups in total. The number of halogens is 3. The van der Waals surface area contributed by atoms with E-state index in [1.165, 1.54) is 0 Å². The Kier molecular flexibility index (Phi) is 9.04. The third-order valence-corrected chi connectivity index (χ3v) is 3.17. The summed E-state index contributed by atoms with van der Waals surface area (Å²) in [5, 5.41) is 0. The molecule has 1 heterocycles. The molecule has 1 rings (SSSR count). The van der Waals surface area contributed by atoms with Gasteiger partial charge in [-0.25, -0.2) is 8.78 Å². The molecule has 0 saturated carbocycles. The van der Waals surface area contributed by atoms with Gasteiger partial charge >= 0.3 is 0 Å². The summed E-state index contributed by atoms with van der Waals surface area (Å²) in [6.45, 7) is 4.75. The average molecular weight is 273 g/mol. The van der Waals surface area contributed by atoms with E-state index in [1.54, 1.807) is 0 Å². The minimum atomic E-state index is -2.36. The molecule has 1 fully saturated rings. The van der Waals surface area contributed by atoms with Crippen molar-refractivity contribution in [3.63, 3.8) is 0 Å². The molecule has 1 atom stereocenters. The highest BCUT2D eigenvalue weighted by atomic mass is 35.5. The lowest BCUT2D eigenvalue weighted by Gasteiger charge is -2.33. The molecule has 0 bridgehead atoms. The predicted molar refractivity (Wildman–Crippen MR) is 66.9 cm³/mol. The SMILES string of the molecule is CC(N)C1CCN(CCOCC(F)F)CC1.Cl. The largest absolute Gasteiger partial charge is 0.374 e. The summed E-state index contributed by atoms with van der Waals surface area (Å²) >= 11 is 0. The fraction of sp³-hybridized carbons (Fsp3) is 1.00. The van der Waals surface area contributed by atoms with Gasteiger partial charge in [0.2, 0.25) is 0 Å². The van der Waals surface area contributed by atoms with Crippen molar-refractivity contribution in [2.45, 2.75) is 32.2 Å². The van der Waals surface area contributed by atoms with Crippen molar-refractivity contribution >= 4 is 12.4 Å². The Morgan fingerprint density at radius 1 is 1.35 bits per heavy atom. The van der Waals surface area contributed by atoms with Crippen LogP contribution in [0.5, 0.6) is 0 Å². The van der Waals surface area contributed by atoms with Gasteiger partial charge < -0.3 is 15.4 Å². The van der Waals surface area contributed by atoms with Crippen molar-refractivity contribution in [1.82, 2.24) is 4.90 Å². The molecule has 1 unspecified atom stereocenters. The number of alkyl halides is 2. The molecular formula is C11H23ClF2N2O. The van der Waals surface area contributed by atoms with Crippen molar-refractivity contribution in [2.24, 2.45) is 11.7 Å². The van der Waals surface area contributed by atoms with Gasteiger partial charge in [-0.2, -0.15) is 0 Å². The Hall–Kier alpha value is 0.0300. The van der Waals surface area contributed by atoms with Gasteiger partial charge in [-0.05, 0) is 38.8 Å². The highest BCUT2D eigenvalue weighted by molar-refractivity contribution is 5.85. The summed E-state index contributed by atoms with van der Waals surface area (Å²) in [4.78, 5) is 2.25. The molecule has 0 aromatic rings. The predicted octanol–water partition coefficient (Wildman–Crippen LogP) is 1.75. The maximum Gasteiger partial charge on any atom is 0.261 e. The van der Waals surface area contributed by atoms with Crippen LogP contribution in [-0.2, 0) is 4.74 Å². The second-order valence-electron chi connectivity index (χ2n) is 4.50. The molecule has 0 spiro atoms. The lowest BCUT2D eigenvalue weighted by molar-refractivity contribution is 0.00669. The number of hydrogen-bond donors (Lipinski definition) is 1. The second kappa shape index (κ2) is 9.03. The highest BCUT2D eigenvalue weighted by Gasteiger charge is 2.21. The molecule has 0 amide bonds. The van der Waals surface area contributed by atoms with Crippen molar-refractivity contribution in [3.8, 4) is 0 Å². The van der Waals surface area contributed by atoms with Crippen LogP contribution in [0.25, 0.3) is 0 Å². The standard InChI is InChI=1S/C11H22F2N2O.ClH/c1-9(14)10-2-4-15(5-3-10)6-7-16-8-11(12)13;/h9-11H,2-8,14H2,1H3;1H. The molecule has 6 heteroatoms. The van der Waals surface area contributed by atoms with E-state index in [1.807, 2.05) is 6.92 Å². The van der Waals surface area contributed by atoms with Crippen LogP contribution in [0, 0.1) is 5.92 Å². The number of nitrogens with two attached hydrogens (primary N) is 1. The number of nitrogens with zero attached hydrogens (tertiary/aromatic N) is 1. The second-order valence-corrected chi connectivity index (χ2v) is 4.50. The van der Waals surface area contributed by atoms with E-state index < -0.39 is 13.0 Å². The van der Waals surface area contributed by atoms with Crippen molar-refractivity contribution in [3.05, 3.63) is 0 Å². The fourth-order valence-electron chi connectivity index (χ4n) is 2.07. The Labute approximate surface area is 108 Å². The Morgan fingerprint density at radius 3 is 2.41 bits per heavy atom. The first-order valence-electron chi connectivity index (χ1n) is 5.93. The summed E-state index contributed by atoms with van der Waals surface area (Å²) in [6, 6.07) is 0.261. The zero-order chi connectivity index (χ0) is 12.0. The van der Waals surface area contributed by atoms with Gasteiger partial charge in [-0.15, -0.1) is 12.4 Å². The van der Waals surface area contributed by atoms with Crippen LogP contribution in [0.4, 0.5) is 8.78 Å². The topological polar surface area (TPSA) is 38.5 Å². The van der Waals surface area contributed by atoms with E-state index in [4.69, 9.17) is 10.5 Å². The van der Waals surface area contributed by atoms with Crippen molar-refractivity contribution in [1.29, 1.82) is 0 Å². The lowest BCUT2D eigenvalue weighted by Crippen LogP contribution is -2.41. The van der Waals surface area contributed by atoms with Gasteiger partial charge in [-0.3, -0.25) is 0 Å². The van der Waals surface area contributed by atoms with Crippen LogP contribution in [0.1, 0.15) is 19.8 Å². The lowest BCUT2D eigenvalue weighted by atomic mass is 9.91. The molecule has 0 aliphatic carbocycles. The number of hydrogen-bond acceptors (Lipinski definition) is 3. The van der Waals surface area contributed by atoms with Crippen LogP contribution in [0.15, 0.2) is 0 Å². The molecule has 17 heavy (non-hydrogen) atoms. The van der Waals surface area contributed by atoms with E-state index in [0.29, 0.717) is 12.5 Å². The molecular weight excluding hydrogens is 250 g/mol. The van der Waals surface area contributed by atoms with Gasteiger partial charge in [0.1, 0.15) is 6.61 Å². The van der Waals surface area contributed by atoms with E-state index in [9.17, 15) is 8.78 Å². The maximum absolute atomic E-state index is 11.8. The molecule has 104 valence electrons. The Balaban J connectivity index is 0.00000256. The summed E-state index contributed by atoms with van der Waals surface area (Å²) in [7, 11) is 0. The quantitative estimate of drug-likeness (QED) is 0.749. The minimum Gasteiger partial charge on any atom is -0.374 e. The molecule has 0 aromatic heterocycles. The summed E-state index contributed by atoms with van der Waals surface area (Å²) in [5.74, 6) is 0.609.